The molecule has 6 nitrogen and oxygen atoms in total. The molecule has 112 valence electrons. The molecule has 0 bridgehead atoms. The van der Waals surface area contributed by atoms with Crippen molar-refractivity contribution in [1.82, 2.24) is 25.4 Å². The first-order chi connectivity index (χ1) is 10.2. The highest BCUT2D eigenvalue weighted by Crippen LogP contribution is 2.03. The van der Waals surface area contributed by atoms with Gasteiger partial charge in [0, 0.05) is 13.6 Å². The van der Waals surface area contributed by atoms with Crippen LogP contribution >= 0.6 is 0 Å². The zero-order chi connectivity index (χ0) is 15.1. The van der Waals surface area contributed by atoms with Gasteiger partial charge < -0.3 is 15.2 Å². The summed E-state index contributed by atoms with van der Waals surface area (Å²) in [6.45, 7) is 3.77. The first-order valence-electron chi connectivity index (χ1n) is 6.78. The Balaban J connectivity index is 1.95. The van der Waals surface area contributed by atoms with E-state index in [1.807, 2.05) is 18.5 Å². The van der Waals surface area contributed by atoms with Gasteiger partial charge in [0.05, 0.1) is 13.1 Å². The third kappa shape index (κ3) is 4.55. The van der Waals surface area contributed by atoms with E-state index in [0.29, 0.717) is 19.0 Å². The normalized spacial score (nSPS) is 11.5. The number of aryl methyl sites for hydroxylation is 1. The Morgan fingerprint density at radius 2 is 2.05 bits per heavy atom. The summed E-state index contributed by atoms with van der Waals surface area (Å²) >= 11 is 0. The van der Waals surface area contributed by atoms with E-state index in [4.69, 9.17) is 0 Å². The van der Waals surface area contributed by atoms with Crippen LogP contribution in [0.2, 0.25) is 0 Å². The van der Waals surface area contributed by atoms with Crippen molar-refractivity contribution in [2.45, 2.75) is 20.0 Å². The number of nitrogens with one attached hydrogen (secondary N) is 2. The molecular formula is C14H19FN6. The second-order valence-electron chi connectivity index (χ2n) is 4.53. The number of benzene rings is 1. The molecule has 0 spiro atoms. The van der Waals surface area contributed by atoms with Crippen molar-refractivity contribution >= 4 is 5.96 Å². The maximum Gasteiger partial charge on any atom is 0.191 e. The molecule has 0 unspecified atom stereocenters. The maximum absolute atomic E-state index is 12.8. The van der Waals surface area contributed by atoms with Crippen molar-refractivity contribution in [3.05, 3.63) is 47.8 Å². The molecular weight excluding hydrogens is 271 g/mol. The molecule has 2 aromatic rings. The number of rotatable bonds is 5. The Morgan fingerprint density at radius 3 is 2.67 bits per heavy atom. The van der Waals surface area contributed by atoms with Crippen molar-refractivity contribution in [3.8, 4) is 0 Å². The van der Waals surface area contributed by atoms with Crippen LogP contribution in [0.5, 0.6) is 0 Å². The van der Waals surface area contributed by atoms with Crippen LogP contribution in [0.25, 0.3) is 0 Å². The van der Waals surface area contributed by atoms with E-state index in [1.165, 1.54) is 12.1 Å². The molecule has 2 rings (SSSR count). The van der Waals surface area contributed by atoms with Crippen molar-refractivity contribution < 1.29 is 4.39 Å². The fraction of sp³-hybridized carbons (Fsp3) is 0.357. The van der Waals surface area contributed by atoms with Crippen LogP contribution in [0.4, 0.5) is 4.39 Å². The lowest BCUT2D eigenvalue weighted by atomic mass is 10.2. The van der Waals surface area contributed by atoms with Gasteiger partial charge in [-0.25, -0.2) is 9.38 Å². The summed E-state index contributed by atoms with van der Waals surface area (Å²) in [7, 11) is 1.89. The van der Waals surface area contributed by atoms with Crippen molar-refractivity contribution in [2.75, 3.05) is 6.54 Å². The van der Waals surface area contributed by atoms with E-state index < -0.39 is 0 Å². The van der Waals surface area contributed by atoms with Crippen LogP contribution in [0.1, 0.15) is 18.3 Å². The standard InChI is InChI=1S/C14H19FN6/c1-3-16-14(18-9-13-20-19-10-21(13)2)17-8-11-4-6-12(15)7-5-11/h4-7,10H,3,8-9H2,1-2H3,(H2,16,17,18). The lowest BCUT2D eigenvalue weighted by Gasteiger charge is -2.10. The first-order valence-corrected chi connectivity index (χ1v) is 6.78. The average Bonchev–Trinajstić information content (AvgIpc) is 2.89. The predicted molar refractivity (Wildman–Crippen MR) is 79.1 cm³/mol. The van der Waals surface area contributed by atoms with Crippen molar-refractivity contribution in [1.29, 1.82) is 0 Å². The molecule has 0 aliphatic carbocycles. The van der Waals surface area contributed by atoms with Crippen LogP contribution < -0.4 is 10.6 Å². The molecule has 0 saturated heterocycles. The molecule has 0 fully saturated rings. The molecule has 1 aromatic carbocycles. The average molecular weight is 290 g/mol. The topological polar surface area (TPSA) is 67.1 Å². The highest BCUT2D eigenvalue weighted by Gasteiger charge is 2.02. The van der Waals surface area contributed by atoms with Gasteiger partial charge in [-0.05, 0) is 24.6 Å². The molecule has 1 aromatic heterocycles. The summed E-state index contributed by atoms with van der Waals surface area (Å²) in [5, 5.41) is 14.2. The van der Waals surface area contributed by atoms with E-state index >= 15 is 0 Å². The van der Waals surface area contributed by atoms with E-state index in [0.717, 1.165) is 17.9 Å². The maximum atomic E-state index is 12.8. The third-order valence-electron chi connectivity index (χ3n) is 2.90. The molecule has 0 atom stereocenters. The predicted octanol–water partition coefficient (Wildman–Crippen LogP) is 1.21. The minimum absolute atomic E-state index is 0.241. The quantitative estimate of drug-likeness (QED) is 0.641. The van der Waals surface area contributed by atoms with Gasteiger partial charge in [0.2, 0.25) is 0 Å². The fourth-order valence-electron chi connectivity index (χ4n) is 1.73. The van der Waals surface area contributed by atoms with E-state index in [-0.39, 0.29) is 5.82 Å². The van der Waals surface area contributed by atoms with Crippen molar-refractivity contribution in [3.63, 3.8) is 0 Å². The molecule has 0 saturated carbocycles. The molecule has 0 aliphatic rings. The minimum atomic E-state index is -0.241. The molecule has 7 heteroatoms. The molecule has 1 heterocycles. The highest BCUT2D eigenvalue weighted by atomic mass is 19.1. The van der Waals surface area contributed by atoms with Crippen LogP contribution in [0.3, 0.4) is 0 Å². The number of hydrogen-bond donors (Lipinski definition) is 2. The smallest absolute Gasteiger partial charge is 0.191 e. The Kier molecular flexibility index (Phi) is 5.25. The molecule has 0 aliphatic heterocycles. The highest BCUT2D eigenvalue weighted by molar-refractivity contribution is 5.79. The number of halogens is 1. The van der Waals surface area contributed by atoms with Gasteiger partial charge in [-0.2, -0.15) is 0 Å². The number of guanidine groups is 1. The van der Waals surface area contributed by atoms with Crippen LogP contribution in [-0.2, 0) is 20.1 Å². The van der Waals surface area contributed by atoms with E-state index in [1.54, 1.807) is 18.5 Å². The monoisotopic (exact) mass is 290 g/mol. The Morgan fingerprint density at radius 1 is 1.29 bits per heavy atom. The number of aromatic nitrogens is 3. The summed E-state index contributed by atoms with van der Waals surface area (Å²) in [5.74, 6) is 1.27. The van der Waals surface area contributed by atoms with Gasteiger partial charge in [0.1, 0.15) is 12.1 Å². The zero-order valence-electron chi connectivity index (χ0n) is 12.2. The second-order valence-corrected chi connectivity index (χ2v) is 4.53. The summed E-state index contributed by atoms with van der Waals surface area (Å²) < 4.78 is 14.7. The number of nitrogens with zero attached hydrogens (tertiary/aromatic N) is 4. The van der Waals surface area contributed by atoms with Crippen molar-refractivity contribution in [2.24, 2.45) is 12.0 Å². The summed E-state index contributed by atoms with van der Waals surface area (Å²) in [4.78, 5) is 4.46. The fourth-order valence-corrected chi connectivity index (χ4v) is 1.73. The first kappa shape index (κ1) is 15.0. The van der Waals surface area contributed by atoms with Gasteiger partial charge in [0.15, 0.2) is 11.8 Å². The lowest BCUT2D eigenvalue weighted by molar-refractivity contribution is 0.627. The van der Waals surface area contributed by atoms with Crippen LogP contribution in [0, 0.1) is 5.82 Å². The van der Waals surface area contributed by atoms with Gasteiger partial charge in [0.25, 0.3) is 0 Å². The lowest BCUT2D eigenvalue weighted by Crippen LogP contribution is -2.37. The van der Waals surface area contributed by atoms with Crippen LogP contribution in [0.15, 0.2) is 35.6 Å². The van der Waals surface area contributed by atoms with E-state index in [9.17, 15) is 4.39 Å². The summed E-state index contributed by atoms with van der Waals surface area (Å²) in [6, 6.07) is 6.33. The van der Waals surface area contributed by atoms with E-state index in [2.05, 4.69) is 25.8 Å². The summed E-state index contributed by atoms with van der Waals surface area (Å²) in [5.41, 5.74) is 0.951. The minimum Gasteiger partial charge on any atom is -0.357 e. The number of aliphatic imine (C=N–C) groups is 1. The van der Waals surface area contributed by atoms with Gasteiger partial charge in [-0.15, -0.1) is 10.2 Å². The van der Waals surface area contributed by atoms with Crippen LogP contribution in [-0.4, -0.2) is 27.3 Å². The van der Waals surface area contributed by atoms with Gasteiger partial charge in [-0.3, -0.25) is 0 Å². The molecule has 21 heavy (non-hydrogen) atoms. The van der Waals surface area contributed by atoms with Gasteiger partial charge in [-0.1, -0.05) is 12.1 Å². The Hall–Kier alpha value is -2.44. The molecule has 0 radical (unpaired) electrons. The molecule has 0 amide bonds. The largest absolute Gasteiger partial charge is 0.357 e. The second kappa shape index (κ2) is 7.37. The Bertz CT molecular complexity index is 590. The summed E-state index contributed by atoms with van der Waals surface area (Å²) in [6.07, 6.45) is 1.65. The molecule has 2 N–H and O–H groups in total. The Labute approximate surface area is 123 Å². The van der Waals surface area contributed by atoms with Gasteiger partial charge >= 0.3 is 0 Å². The zero-order valence-corrected chi connectivity index (χ0v) is 12.2. The number of hydrogen-bond acceptors (Lipinski definition) is 3. The SMILES string of the molecule is CCNC(=NCc1ccc(F)cc1)NCc1nncn1C. The third-order valence-corrected chi connectivity index (χ3v) is 2.90.